The molecule has 1 heterocycles. The van der Waals surface area contributed by atoms with Crippen LogP contribution in [0.15, 0.2) is 18.2 Å². The smallest absolute Gasteiger partial charge is 0.113 e. The van der Waals surface area contributed by atoms with Gasteiger partial charge < -0.3 is 10.8 Å². The zero-order valence-electron chi connectivity index (χ0n) is 8.87. The molecule has 0 amide bonds. The van der Waals surface area contributed by atoms with E-state index in [1.807, 2.05) is 22.9 Å². The Bertz CT molecular complexity index is 518. The summed E-state index contributed by atoms with van der Waals surface area (Å²) in [5.74, 6) is 0. The van der Waals surface area contributed by atoms with Gasteiger partial charge in [-0.2, -0.15) is 0 Å². The molecule has 1 atom stereocenters. The molecule has 1 unspecified atom stereocenters. The summed E-state index contributed by atoms with van der Waals surface area (Å²) in [4.78, 5) is 0. The first-order chi connectivity index (χ1) is 7.79. The van der Waals surface area contributed by atoms with Crippen molar-refractivity contribution >= 4 is 11.0 Å². The van der Waals surface area contributed by atoms with Gasteiger partial charge in [0.25, 0.3) is 0 Å². The second-order valence-corrected chi connectivity index (χ2v) is 4.26. The van der Waals surface area contributed by atoms with Gasteiger partial charge in [0.1, 0.15) is 5.52 Å². The molecule has 1 aromatic carbocycles. The fraction of sp³-hybridized carbons (Fsp3) is 0.455. The van der Waals surface area contributed by atoms with Gasteiger partial charge in [0.15, 0.2) is 0 Å². The molecule has 5 heteroatoms. The van der Waals surface area contributed by atoms with Gasteiger partial charge in [-0.3, -0.25) is 0 Å². The van der Waals surface area contributed by atoms with Crippen LogP contribution < -0.4 is 5.73 Å². The molecule has 16 heavy (non-hydrogen) atoms. The van der Waals surface area contributed by atoms with Crippen molar-refractivity contribution in [2.24, 2.45) is 5.73 Å². The summed E-state index contributed by atoms with van der Waals surface area (Å²) in [7, 11) is 0. The van der Waals surface area contributed by atoms with Crippen molar-refractivity contribution in [1.29, 1.82) is 0 Å². The average Bonchev–Trinajstić information content (AvgIpc) is 3.08. The molecule has 0 radical (unpaired) electrons. The van der Waals surface area contributed by atoms with E-state index in [9.17, 15) is 5.11 Å². The van der Waals surface area contributed by atoms with E-state index in [4.69, 9.17) is 5.73 Å². The molecule has 84 valence electrons. The third kappa shape index (κ3) is 1.48. The summed E-state index contributed by atoms with van der Waals surface area (Å²) >= 11 is 0. The highest BCUT2D eigenvalue weighted by atomic mass is 16.3. The Morgan fingerprint density at radius 1 is 1.50 bits per heavy atom. The third-order valence-electron chi connectivity index (χ3n) is 3.00. The Hall–Kier alpha value is -1.46. The summed E-state index contributed by atoms with van der Waals surface area (Å²) in [5.41, 5.74) is 8.09. The van der Waals surface area contributed by atoms with Crippen LogP contribution in [0.25, 0.3) is 11.0 Å². The van der Waals surface area contributed by atoms with Crippen LogP contribution in [0, 0.1) is 0 Å². The molecule has 1 fully saturated rings. The fourth-order valence-corrected chi connectivity index (χ4v) is 1.89. The number of aliphatic hydroxyl groups is 1. The minimum absolute atomic E-state index is 0.224. The monoisotopic (exact) mass is 218 g/mol. The Labute approximate surface area is 92.9 Å². The Morgan fingerprint density at radius 2 is 2.31 bits per heavy atom. The number of fused-ring (bicyclic) bond motifs is 1. The molecule has 3 N–H and O–H groups in total. The largest absolute Gasteiger partial charge is 0.387 e. The molecular weight excluding hydrogens is 204 g/mol. The number of hydrogen-bond donors (Lipinski definition) is 2. The summed E-state index contributed by atoms with van der Waals surface area (Å²) in [6, 6.07) is 6.23. The maximum atomic E-state index is 9.64. The maximum absolute atomic E-state index is 9.64. The average molecular weight is 218 g/mol. The molecule has 3 rings (SSSR count). The molecular formula is C11H14N4O. The lowest BCUT2D eigenvalue weighted by Crippen LogP contribution is -2.11. The highest BCUT2D eigenvalue weighted by molar-refractivity contribution is 5.75. The van der Waals surface area contributed by atoms with Crippen LogP contribution in [0.4, 0.5) is 0 Å². The number of aromatic nitrogens is 3. The lowest BCUT2D eigenvalue weighted by atomic mass is 10.1. The molecule has 0 bridgehead atoms. The molecule has 1 aromatic heterocycles. The molecule has 0 aliphatic heterocycles. The van der Waals surface area contributed by atoms with E-state index in [0.717, 1.165) is 16.6 Å². The fourth-order valence-electron chi connectivity index (χ4n) is 1.89. The second kappa shape index (κ2) is 3.54. The van der Waals surface area contributed by atoms with E-state index in [2.05, 4.69) is 10.3 Å². The Balaban J connectivity index is 2.05. The predicted octanol–water partition coefficient (Wildman–Crippen LogP) is 0.758. The van der Waals surface area contributed by atoms with Gasteiger partial charge in [0.05, 0.1) is 17.7 Å². The van der Waals surface area contributed by atoms with Crippen molar-refractivity contribution in [2.75, 3.05) is 6.54 Å². The van der Waals surface area contributed by atoms with Gasteiger partial charge >= 0.3 is 0 Å². The lowest BCUT2D eigenvalue weighted by molar-refractivity contribution is 0.187. The maximum Gasteiger partial charge on any atom is 0.113 e. The first kappa shape index (κ1) is 9.74. The number of aliphatic hydroxyl groups excluding tert-OH is 1. The number of rotatable bonds is 3. The molecule has 2 aromatic rings. The van der Waals surface area contributed by atoms with Crippen molar-refractivity contribution in [2.45, 2.75) is 25.0 Å². The quantitative estimate of drug-likeness (QED) is 0.797. The van der Waals surface area contributed by atoms with Gasteiger partial charge in [-0.05, 0) is 30.5 Å². The van der Waals surface area contributed by atoms with Crippen LogP contribution >= 0.6 is 0 Å². The second-order valence-electron chi connectivity index (χ2n) is 4.26. The van der Waals surface area contributed by atoms with Crippen molar-refractivity contribution in [3.05, 3.63) is 23.8 Å². The third-order valence-corrected chi connectivity index (χ3v) is 3.00. The topological polar surface area (TPSA) is 77.0 Å². The summed E-state index contributed by atoms with van der Waals surface area (Å²) in [6.07, 6.45) is 1.76. The molecule has 0 spiro atoms. The predicted molar refractivity (Wildman–Crippen MR) is 59.8 cm³/mol. The number of nitrogens with two attached hydrogens (primary N) is 1. The highest BCUT2D eigenvalue weighted by Crippen LogP contribution is 2.36. The van der Waals surface area contributed by atoms with Crippen molar-refractivity contribution < 1.29 is 5.11 Å². The van der Waals surface area contributed by atoms with E-state index in [0.29, 0.717) is 6.04 Å². The van der Waals surface area contributed by atoms with Crippen LogP contribution in [-0.4, -0.2) is 26.6 Å². The van der Waals surface area contributed by atoms with Crippen molar-refractivity contribution in [1.82, 2.24) is 15.0 Å². The molecule has 1 aliphatic carbocycles. The van der Waals surface area contributed by atoms with Crippen molar-refractivity contribution in [3.63, 3.8) is 0 Å². The zero-order chi connectivity index (χ0) is 11.1. The summed E-state index contributed by atoms with van der Waals surface area (Å²) in [5, 5.41) is 17.9. The van der Waals surface area contributed by atoms with E-state index in [-0.39, 0.29) is 6.54 Å². The zero-order valence-corrected chi connectivity index (χ0v) is 8.87. The van der Waals surface area contributed by atoms with Crippen LogP contribution in [0.1, 0.15) is 30.6 Å². The van der Waals surface area contributed by atoms with E-state index < -0.39 is 6.10 Å². The van der Waals surface area contributed by atoms with Gasteiger partial charge in [0.2, 0.25) is 0 Å². The van der Waals surface area contributed by atoms with Gasteiger partial charge in [-0.1, -0.05) is 11.3 Å². The van der Waals surface area contributed by atoms with E-state index in [1.54, 1.807) is 0 Å². The molecule has 0 saturated heterocycles. The van der Waals surface area contributed by atoms with Crippen LogP contribution in [0.2, 0.25) is 0 Å². The summed E-state index contributed by atoms with van der Waals surface area (Å²) in [6.45, 7) is 0.224. The van der Waals surface area contributed by atoms with Crippen LogP contribution in [0.5, 0.6) is 0 Å². The number of benzene rings is 1. The van der Waals surface area contributed by atoms with Gasteiger partial charge in [-0.15, -0.1) is 5.10 Å². The Morgan fingerprint density at radius 3 is 3.00 bits per heavy atom. The summed E-state index contributed by atoms with van der Waals surface area (Å²) < 4.78 is 1.97. The lowest BCUT2D eigenvalue weighted by Gasteiger charge is -2.07. The highest BCUT2D eigenvalue weighted by Gasteiger charge is 2.26. The van der Waals surface area contributed by atoms with E-state index in [1.165, 1.54) is 12.8 Å². The minimum atomic E-state index is -0.615. The first-order valence-electron chi connectivity index (χ1n) is 5.52. The van der Waals surface area contributed by atoms with E-state index >= 15 is 0 Å². The first-order valence-corrected chi connectivity index (χ1v) is 5.52. The standard InChI is InChI=1S/C11H14N4O/c12-6-11(16)7-1-4-10-9(5-7)13-14-15(10)8-2-3-8/h1,4-5,8,11,16H,2-3,6,12H2. The van der Waals surface area contributed by atoms with Crippen LogP contribution in [-0.2, 0) is 0 Å². The van der Waals surface area contributed by atoms with Gasteiger partial charge in [-0.25, -0.2) is 4.68 Å². The molecule has 1 saturated carbocycles. The van der Waals surface area contributed by atoms with Crippen LogP contribution in [0.3, 0.4) is 0 Å². The van der Waals surface area contributed by atoms with Crippen molar-refractivity contribution in [3.8, 4) is 0 Å². The molecule has 1 aliphatic rings. The minimum Gasteiger partial charge on any atom is -0.387 e. The number of nitrogens with zero attached hydrogens (tertiary/aromatic N) is 3. The number of hydrogen-bond acceptors (Lipinski definition) is 4. The SMILES string of the molecule is NCC(O)c1ccc2c(c1)nnn2C1CC1. The normalized spacial score (nSPS) is 17.9. The van der Waals surface area contributed by atoms with Gasteiger partial charge in [0, 0.05) is 6.54 Å². The molecule has 5 nitrogen and oxygen atoms in total. The Kier molecular flexibility index (Phi) is 2.15.